The Morgan fingerprint density at radius 1 is 1.30 bits per heavy atom. The summed E-state index contributed by atoms with van der Waals surface area (Å²) in [6.07, 6.45) is -3.53. The molecular weight excluding hydrogens is 272 g/mol. The van der Waals surface area contributed by atoms with Crippen LogP contribution in [-0.2, 0) is 4.74 Å². The standard InChI is InChI=1S/C10H12N4O6/c15-2-4-6(16)7(17)9(20-4)14-5-3(1-11-14)12-10(19)13-8(5)18/h1,4,6-7,9,15-17H,2H2,(H2,12,13,18,19)/t4-,6-,7+,9?/m1/s1. The average molecular weight is 284 g/mol. The Balaban J connectivity index is 2.12. The Kier molecular flexibility index (Phi) is 2.94. The molecular formula is C10H12N4O6. The van der Waals surface area contributed by atoms with Crippen molar-refractivity contribution in [2.45, 2.75) is 24.5 Å². The van der Waals surface area contributed by atoms with Crippen molar-refractivity contribution in [3.8, 4) is 0 Å². The predicted octanol–water partition coefficient (Wildman–Crippen LogP) is -2.98. The first-order valence-corrected chi connectivity index (χ1v) is 5.85. The summed E-state index contributed by atoms with van der Waals surface area (Å²) < 4.78 is 6.34. The summed E-state index contributed by atoms with van der Waals surface area (Å²) >= 11 is 0. The fourth-order valence-electron chi connectivity index (χ4n) is 2.27. The molecule has 10 nitrogen and oxygen atoms in total. The first kappa shape index (κ1) is 13.0. The molecule has 2 aromatic heterocycles. The van der Waals surface area contributed by atoms with Gasteiger partial charge >= 0.3 is 5.69 Å². The van der Waals surface area contributed by atoms with Crippen molar-refractivity contribution in [1.29, 1.82) is 0 Å². The van der Waals surface area contributed by atoms with Crippen LogP contribution in [0.1, 0.15) is 6.23 Å². The first-order chi connectivity index (χ1) is 9.52. The van der Waals surface area contributed by atoms with E-state index in [-0.39, 0.29) is 11.0 Å². The molecule has 0 aliphatic carbocycles. The molecule has 3 rings (SSSR count). The zero-order valence-corrected chi connectivity index (χ0v) is 10.1. The third-order valence-electron chi connectivity index (χ3n) is 3.24. The molecule has 1 aliphatic rings. The number of aliphatic hydroxyl groups excluding tert-OH is 3. The number of aromatic amines is 2. The number of fused-ring (bicyclic) bond motifs is 1. The highest BCUT2D eigenvalue weighted by molar-refractivity contribution is 5.72. The smallest absolute Gasteiger partial charge is 0.326 e. The molecule has 0 amide bonds. The van der Waals surface area contributed by atoms with Crippen molar-refractivity contribution in [2.24, 2.45) is 0 Å². The number of hydrogen-bond acceptors (Lipinski definition) is 7. The molecule has 0 radical (unpaired) electrons. The molecule has 3 heterocycles. The molecule has 0 bridgehead atoms. The number of hydrogen-bond donors (Lipinski definition) is 5. The monoisotopic (exact) mass is 284 g/mol. The van der Waals surface area contributed by atoms with E-state index in [1.807, 2.05) is 4.98 Å². The van der Waals surface area contributed by atoms with Crippen molar-refractivity contribution in [3.05, 3.63) is 27.0 Å². The van der Waals surface area contributed by atoms with Gasteiger partial charge in [-0.2, -0.15) is 5.10 Å². The van der Waals surface area contributed by atoms with E-state index in [2.05, 4.69) is 10.1 Å². The minimum absolute atomic E-state index is 0.000519. The number of aliphatic hydroxyl groups is 3. The van der Waals surface area contributed by atoms with Crippen LogP contribution in [0.4, 0.5) is 0 Å². The molecule has 1 aliphatic heterocycles. The van der Waals surface area contributed by atoms with Crippen LogP contribution in [0.25, 0.3) is 11.0 Å². The maximum absolute atomic E-state index is 11.8. The van der Waals surface area contributed by atoms with Gasteiger partial charge in [0.15, 0.2) is 11.7 Å². The molecule has 108 valence electrons. The average Bonchev–Trinajstić information content (AvgIpc) is 2.93. The van der Waals surface area contributed by atoms with Crippen LogP contribution in [0.5, 0.6) is 0 Å². The summed E-state index contributed by atoms with van der Waals surface area (Å²) in [6.45, 7) is -0.485. The van der Waals surface area contributed by atoms with Crippen molar-refractivity contribution in [3.63, 3.8) is 0 Å². The summed E-state index contributed by atoms with van der Waals surface area (Å²) in [7, 11) is 0. The fraction of sp³-hybridized carbons (Fsp3) is 0.500. The highest BCUT2D eigenvalue weighted by Gasteiger charge is 2.44. The second-order valence-corrected chi connectivity index (χ2v) is 4.49. The van der Waals surface area contributed by atoms with Crippen molar-refractivity contribution >= 4 is 11.0 Å². The zero-order chi connectivity index (χ0) is 14.4. The number of ether oxygens (including phenoxy) is 1. The molecule has 0 aromatic carbocycles. The van der Waals surface area contributed by atoms with Crippen LogP contribution in [0, 0.1) is 0 Å². The van der Waals surface area contributed by atoms with Gasteiger partial charge < -0.3 is 25.0 Å². The Bertz CT molecular complexity index is 748. The van der Waals surface area contributed by atoms with Crippen LogP contribution in [0.15, 0.2) is 15.8 Å². The molecule has 2 aromatic rings. The molecule has 20 heavy (non-hydrogen) atoms. The number of rotatable bonds is 2. The van der Waals surface area contributed by atoms with E-state index in [0.717, 1.165) is 4.68 Å². The minimum Gasteiger partial charge on any atom is -0.394 e. The van der Waals surface area contributed by atoms with E-state index in [0.29, 0.717) is 0 Å². The molecule has 0 saturated carbocycles. The van der Waals surface area contributed by atoms with Gasteiger partial charge in [0.05, 0.1) is 18.3 Å². The van der Waals surface area contributed by atoms with E-state index in [1.165, 1.54) is 6.20 Å². The van der Waals surface area contributed by atoms with E-state index in [4.69, 9.17) is 9.84 Å². The summed E-state index contributed by atoms with van der Waals surface area (Å²) in [6, 6.07) is 0. The van der Waals surface area contributed by atoms with Crippen LogP contribution < -0.4 is 11.2 Å². The molecule has 1 fully saturated rings. The van der Waals surface area contributed by atoms with E-state index < -0.39 is 42.4 Å². The van der Waals surface area contributed by atoms with Gasteiger partial charge in [0.1, 0.15) is 18.3 Å². The lowest BCUT2D eigenvalue weighted by molar-refractivity contribution is -0.0564. The maximum Gasteiger partial charge on any atom is 0.326 e. The van der Waals surface area contributed by atoms with Crippen molar-refractivity contribution in [2.75, 3.05) is 6.61 Å². The first-order valence-electron chi connectivity index (χ1n) is 5.85. The summed E-state index contributed by atoms with van der Waals surface area (Å²) in [4.78, 5) is 27.4. The van der Waals surface area contributed by atoms with Gasteiger partial charge in [-0.05, 0) is 0 Å². The van der Waals surface area contributed by atoms with Gasteiger partial charge in [-0.15, -0.1) is 0 Å². The molecule has 1 unspecified atom stereocenters. The Morgan fingerprint density at radius 2 is 2.05 bits per heavy atom. The number of nitrogens with zero attached hydrogens (tertiary/aromatic N) is 2. The van der Waals surface area contributed by atoms with Gasteiger partial charge in [0.25, 0.3) is 5.56 Å². The SMILES string of the molecule is O=c1[nH]c(=O)c2c(cnn2C2O[C@H](CO)[C@@H](O)[C@@H]2O)[nH]1. The highest BCUT2D eigenvalue weighted by atomic mass is 16.6. The molecule has 0 spiro atoms. The van der Waals surface area contributed by atoms with Gasteiger partial charge in [0.2, 0.25) is 0 Å². The van der Waals surface area contributed by atoms with E-state index >= 15 is 0 Å². The zero-order valence-electron chi connectivity index (χ0n) is 10.1. The molecule has 4 atom stereocenters. The van der Waals surface area contributed by atoms with Gasteiger partial charge in [-0.25, -0.2) is 9.48 Å². The summed E-state index contributed by atoms with van der Waals surface area (Å²) in [5.41, 5.74) is -1.20. The second kappa shape index (κ2) is 4.52. The van der Waals surface area contributed by atoms with Crippen LogP contribution in [-0.4, -0.2) is 60.0 Å². The number of nitrogens with one attached hydrogen (secondary N) is 2. The highest BCUT2D eigenvalue weighted by Crippen LogP contribution is 2.29. The number of aromatic nitrogens is 4. The van der Waals surface area contributed by atoms with Gasteiger partial charge in [-0.1, -0.05) is 0 Å². The molecule has 10 heteroatoms. The Hall–Kier alpha value is -2.01. The second-order valence-electron chi connectivity index (χ2n) is 4.49. The molecule has 1 saturated heterocycles. The number of H-pyrrole nitrogens is 2. The third-order valence-corrected chi connectivity index (χ3v) is 3.24. The third kappa shape index (κ3) is 1.78. The maximum atomic E-state index is 11.8. The quantitative estimate of drug-likeness (QED) is 0.394. The van der Waals surface area contributed by atoms with Crippen molar-refractivity contribution in [1.82, 2.24) is 19.7 Å². The van der Waals surface area contributed by atoms with Crippen LogP contribution >= 0.6 is 0 Å². The Labute approximate surface area is 110 Å². The Morgan fingerprint density at radius 3 is 2.70 bits per heavy atom. The van der Waals surface area contributed by atoms with Crippen LogP contribution in [0.3, 0.4) is 0 Å². The lowest BCUT2D eigenvalue weighted by Gasteiger charge is -2.15. The predicted molar refractivity (Wildman–Crippen MR) is 64.0 cm³/mol. The minimum atomic E-state index is -1.36. The molecule has 5 N–H and O–H groups in total. The summed E-state index contributed by atoms with van der Waals surface area (Å²) in [5.74, 6) is 0. The topological polar surface area (TPSA) is 153 Å². The lowest BCUT2D eigenvalue weighted by atomic mass is 10.1. The van der Waals surface area contributed by atoms with Crippen LogP contribution in [0.2, 0.25) is 0 Å². The van der Waals surface area contributed by atoms with Crippen molar-refractivity contribution < 1.29 is 20.1 Å². The summed E-state index contributed by atoms with van der Waals surface area (Å²) in [5, 5.41) is 32.5. The van der Waals surface area contributed by atoms with E-state index in [9.17, 15) is 19.8 Å². The van der Waals surface area contributed by atoms with Gasteiger partial charge in [0, 0.05) is 0 Å². The fourth-order valence-corrected chi connectivity index (χ4v) is 2.27. The normalized spacial score (nSPS) is 30.1. The largest absolute Gasteiger partial charge is 0.394 e. The lowest BCUT2D eigenvalue weighted by Crippen LogP contribution is -2.33. The van der Waals surface area contributed by atoms with E-state index in [1.54, 1.807) is 0 Å². The van der Waals surface area contributed by atoms with Gasteiger partial charge in [-0.3, -0.25) is 9.78 Å².